The van der Waals surface area contributed by atoms with Gasteiger partial charge < -0.3 is 19.7 Å². The Morgan fingerprint density at radius 1 is 1.03 bits per heavy atom. The van der Waals surface area contributed by atoms with Crippen LogP contribution in [-0.2, 0) is 11.3 Å². The van der Waals surface area contributed by atoms with Crippen molar-refractivity contribution in [2.75, 3.05) is 31.2 Å². The second kappa shape index (κ2) is 10.8. The van der Waals surface area contributed by atoms with Crippen LogP contribution in [0.15, 0.2) is 36.7 Å². The number of ether oxygens (including phenoxy) is 2. The second-order valence-electron chi connectivity index (χ2n) is 7.57. The standard InChI is InChI=1S/C22H32N4O3/c1-6-26(7-2)19-10-8-17(14-23-19)15-25-21(27)18-9-11-20(24-16-18)28-12-13-29-22(3,4)5/h8-11,14,16H,6-7,12-13,15H2,1-5H3,(H,25,27). The van der Waals surface area contributed by atoms with Crippen molar-refractivity contribution in [2.45, 2.75) is 46.8 Å². The van der Waals surface area contributed by atoms with E-state index in [1.807, 2.05) is 32.9 Å². The summed E-state index contributed by atoms with van der Waals surface area (Å²) in [4.78, 5) is 23.2. The third kappa shape index (κ3) is 7.69. The molecule has 29 heavy (non-hydrogen) atoms. The minimum absolute atomic E-state index is 0.187. The molecule has 0 saturated carbocycles. The number of hydrogen-bond acceptors (Lipinski definition) is 6. The van der Waals surface area contributed by atoms with Gasteiger partial charge in [-0.3, -0.25) is 4.79 Å². The van der Waals surface area contributed by atoms with Gasteiger partial charge in [0.05, 0.1) is 17.8 Å². The minimum Gasteiger partial charge on any atom is -0.475 e. The van der Waals surface area contributed by atoms with Gasteiger partial charge in [-0.1, -0.05) is 6.07 Å². The third-order valence-corrected chi connectivity index (χ3v) is 4.22. The van der Waals surface area contributed by atoms with E-state index in [9.17, 15) is 4.79 Å². The maximum atomic E-state index is 12.3. The molecule has 0 aliphatic heterocycles. The van der Waals surface area contributed by atoms with E-state index in [1.54, 1.807) is 18.3 Å². The molecule has 0 aliphatic rings. The van der Waals surface area contributed by atoms with Crippen molar-refractivity contribution in [2.24, 2.45) is 0 Å². The smallest absolute Gasteiger partial charge is 0.253 e. The molecule has 1 amide bonds. The normalized spacial score (nSPS) is 11.2. The van der Waals surface area contributed by atoms with Gasteiger partial charge in [-0.05, 0) is 52.3 Å². The van der Waals surface area contributed by atoms with E-state index in [2.05, 4.69) is 34.0 Å². The molecule has 2 heterocycles. The molecule has 0 aliphatic carbocycles. The van der Waals surface area contributed by atoms with E-state index in [4.69, 9.17) is 9.47 Å². The van der Waals surface area contributed by atoms with Crippen molar-refractivity contribution in [3.8, 4) is 5.88 Å². The average molecular weight is 401 g/mol. The first-order valence-electron chi connectivity index (χ1n) is 10.0. The zero-order valence-electron chi connectivity index (χ0n) is 18.1. The van der Waals surface area contributed by atoms with Crippen molar-refractivity contribution < 1.29 is 14.3 Å². The zero-order chi connectivity index (χ0) is 21.3. The van der Waals surface area contributed by atoms with Gasteiger partial charge in [-0.15, -0.1) is 0 Å². The number of anilines is 1. The van der Waals surface area contributed by atoms with E-state index in [1.165, 1.54) is 6.20 Å². The highest BCUT2D eigenvalue weighted by Crippen LogP contribution is 2.12. The molecule has 7 nitrogen and oxygen atoms in total. The van der Waals surface area contributed by atoms with Gasteiger partial charge in [0, 0.05) is 38.1 Å². The first-order valence-corrected chi connectivity index (χ1v) is 10.0. The largest absolute Gasteiger partial charge is 0.475 e. The minimum atomic E-state index is -0.194. The second-order valence-corrected chi connectivity index (χ2v) is 7.57. The first-order chi connectivity index (χ1) is 13.8. The number of carbonyl (C=O) groups is 1. The molecule has 0 fully saturated rings. The lowest BCUT2D eigenvalue weighted by Gasteiger charge is -2.19. The number of amides is 1. The SMILES string of the molecule is CCN(CC)c1ccc(CNC(=O)c2ccc(OCCOC(C)(C)C)nc2)cn1. The molecule has 2 rings (SSSR count). The predicted molar refractivity (Wildman–Crippen MR) is 114 cm³/mol. The fraction of sp³-hybridized carbons (Fsp3) is 0.500. The monoisotopic (exact) mass is 400 g/mol. The van der Waals surface area contributed by atoms with Crippen LogP contribution in [0.4, 0.5) is 5.82 Å². The Labute approximate surface area is 173 Å². The molecular weight excluding hydrogens is 368 g/mol. The molecule has 2 aromatic heterocycles. The summed E-state index contributed by atoms with van der Waals surface area (Å²) in [6.07, 6.45) is 3.31. The summed E-state index contributed by atoms with van der Waals surface area (Å²) in [5.74, 6) is 1.22. The highest BCUT2D eigenvalue weighted by molar-refractivity contribution is 5.93. The number of nitrogens with one attached hydrogen (secondary N) is 1. The van der Waals surface area contributed by atoms with E-state index in [-0.39, 0.29) is 11.5 Å². The van der Waals surface area contributed by atoms with E-state index in [0.29, 0.717) is 31.2 Å². The van der Waals surface area contributed by atoms with Crippen molar-refractivity contribution in [1.29, 1.82) is 0 Å². The number of aromatic nitrogens is 2. The maximum Gasteiger partial charge on any atom is 0.253 e. The molecule has 0 spiro atoms. The molecule has 7 heteroatoms. The Kier molecular flexibility index (Phi) is 8.39. The van der Waals surface area contributed by atoms with Crippen LogP contribution in [0.5, 0.6) is 5.88 Å². The lowest BCUT2D eigenvalue weighted by Crippen LogP contribution is -2.24. The maximum absolute atomic E-state index is 12.3. The van der Waals surface area contributed by atoms with Crippen LogP contribution < -0.4 is 15.0 Å². The summed E-state index contributed by atoms with van der Waals surface area (Å²) < 4.78 is 11.1. The molecule has 0 unspecified atom stereocenters. The number of carbonyl (C=O) groups excluding carboxylic acids is 1. The van der Waals surface area contributed by atoms with Crippen LogP contribution >= 0.6 is 0 Å². The summed E-state index contributed by atoms with van der Waals surface area (Å²) in [6.45, 7) is 13.3. The van der Waals surface area contributed by atoms with Crippen LogP contribution in [0.2, 0.25) is 0 Å². The molecule has 158 valence electrons. The van der Waals surface area contributed by atoms with E-state index >= 15 is 0 Å². The van der Waals surface area contributed by atoms with Crippen LogP contribution in [0.1, 0.15) is 50.5 Å². The number of rotatable bonds is 10. The van der Waals surface area contributed by atoms with E-state index in [0.717, 1.165) is 24.5 Å². The molecule has 1 N–H and O–H groups in total. The van der Waals surface area contributed by atoms with Gasteiger partial charge in [-0.25, -0.2) is 9.97 Å². The Balaban J connectivity index is 1.80. The van der Waals surface area contributed by atoms with Gasteiger partial charge in [0.2, 0.25) is 5.88 Å². The third-order valence-electron chi connectivity index (χ3n) is 4.22. The number of nitrogens with zero attached hydrogens (tertiary/aromatic N) is 3. The summed E-state index contributed by atoms with van der Waals surface area (Å²) >= 11 is 0. The fourth-order valence-electron chi connectivity index (χ4n) is 2.63. The van der Waals surface area contributed by atoms with Gasteiger partial charge in [-0.2, -0.15) is 0 Å². The molecule has 0 aromatic carbocycles. The molecule has 2 aromatic rings. The number of hydrogen-bond donors (Lipinski definition) is 1. The van der Waals surface area contributed by atoms with Crippen LogP contribution in [0, 0.1) is 0 Å². The number of pyridine rings is 2. The van der Waals surface area contributed by atoms with Crippen molar-refractivity contribution in [1.82, 2.24) is 15.3 Å². The topological polar surface area (TPSA) is 76.6 Å². The van der Waals surface area contributed by atoms with Crippen LogP contribution in [-0.4, -0.2) is 47.8 Å². The lowest BCUT2D eigenvalue weighted by molar-refractivity contribution is -0.0168. The van der Waals surface area contributed by atoms with Crippen molar-refractivity contribution in [3.05, 3.63) is 47.8 Å². The van der Waals surface area contributed by atoms with Gasteiger partial charge in [0.1, 0.15) is 12.4 Å². The molecule has 0 radical (unpaired) electrons. The molecule has 0 atom stereocenters. The van der Waals surface area contributed by atoms with Gasteiger partial charge in [0.25, 0.3) is 5.91 Å². The zero-order valence-corrected chi connectivity index (χ0v) is 18.1. The molecule has 0 saturated heterocycles. The molecule has 0 bridgehead atoms. The highest BCUT2D eigenvalue weighted by atomic mass is 16.5. The quantitative estimate of drug-likeness (QED) is 0.616. The van der Waals surface area contributed by atoms with Crippen molar-refractivity contribution in [3.63, 3.8) is 0 Å². The average Bonchev–Trinajstić information content (AvgIpc) is 2.71. The fourth-order valence-corrected chi connectivity index (χ4v) is 2.63. The Morgan fingerprint density at radius 2 is 1.79 bits per heavy atom. The Bertz CT molecular complexity index is 751. The van der Waals surface area contributed by atoms with E-state index < -0.39 is 0 Å². The van der Waals surface area contributed by atoms with Gasteiger partial charge in [0.15, 0.2) is 0 Å². The first kappa shape index (κ1) is 22.6. The lowest BCUT2D eigenvalue weighted by atomic mass is 10.2. The summed E-state index contributed by atoms with van der Waals surface area (Å²) in [6, 6.07) is 7.35. The molecular formula is C22H32N4O3. The van der Waals surface area contributed by atoms with Crippen LogP contribution in [0.3, 0.4) is 0 Å². The van der Waals surface area contributed by atoms with Gasteiger partial charge >= 0.3 is 0 Å². The predicted octanol–water partition coefficient (Wildman–Crippen LogP) is 3.45. The van der Waals surface area contributed by atoms with Crippen LogP contribution in [0.25, 0.3) is 0 Å². The summed E-state index contributed by atoms with van der Waals surface area (Å²) in [5, 5.41) is 2.89. The summed E-state index contributed by atoms with van der Waals surface area (Å²) in [5.41, 5.74) is 1.23. The summed E-state index contributed by atoms with van der Waals surface area (Å²) in [7, 11) is 0. The Morgan fingerprint density at radius 3 is 2.34 bits per heavy atom. The highest BCUT2D eigenvalue weighted by Gasteiger charge is 2.10. The Hall–Kier alpha value is -2.67. The van der Waals surface area contributed by atoms with Crippen molar-refractivity contribution >= 4 is 11.7 Å².